The highest BCUT2D eigenvalue weighted by atomic mass is 16.5. The quantitative estimate of drug-likeness (QED) is 0.768. The Balaban J connectivity index is 1.48. The normalized spacial score (nSPS) is 18.7. The van der Waals surface area contributed by atoms with E-state index in [0.29, 0.717) is 32.0 Å². The maximum absolute atomic E-state index is 12.5. The molecule has 1 aliphatic heterocycles. The number of amides is 1. The number of nitrogens with zero attached hydrogens (tertiary/aromatic N) is 5. The van der Waals surface area contributed by atoms with Crippen molar-refractivity contribution < 1.29 is 9.53 Å². The van der Waals surface area contributed by atoms with E-state index in [-0.39, 0.29) is 11.8 Å². The average Bonchev–Trinajstić information content (AvgIpc) is 3.23. The number of aromatic nitrogens is 5. The van der Waals surface area contributed by atoms with Crippen LogP contribution in [-0.2, 0) is 11.2 Å². The van der Waals surface area contributed by atoms with Gasteiger partial charge in [-0.15, -0.1) is 0 Å². The molecule has 1 atom stereocenters. The molecule has 4 heterocycles. The monoisotopic (exact) mass is 326 g/mol. The standard InChI is InChI=1S/C16H18N6O2/c23-16(14-3-4-18-19-14)21-7-8-24-11-12(10-21)9-13-1-2-15-17-5-6-22(15)20-13/h1-6,12H,7-11H2,(H,18,19)/t12-/m1/s1. The summed E-state index contributed by atoms with van der Waals surface area (Å²) in [5.41, 5.74) is 2.30. The predicted octanol–water partition coefficient (Wildman–Crippen LogP) is 0.784. The molecule has 0 aromatic carbocycles. The molecule has 0 bridgehead atoms. The van der Waals surface area contributed by atoms with Gasteiger partial charge < -0.3 is 9.64 Å². The molecule has 8 nitrogen and oxygen atoms in total. The topological polar surface area (TPSA) is 88.4 Å². The number of carbonyl (C=O) groups excluding carboxylic acids is 1. The maximum Gasteiger partial charge on any atom is 0.271 e. The highest BCUT2D eigenvalue weighted by Crippen LogP contribution is 2.15. The van der Waals surface area contributed by atoms with Gasteiger partial charge >= 0.3 is 0 Å². The van der Waals surface area contributed by atoms with Gasteiger partial charge in [0.2, 0.25) is 0 Å². The van der Waals surface area contributed by atoms with E-state index in [1.165, 1.54) is 0 Å². The molecule has 0 saturated carbocycles. The highest BCUT2D eigenvalue weighted by molar-refractivity contribution is 5.92. The third kappa shape index (κ3) is 3.00. The fourth-order valence-corrected chi connectivity index (χ4v) is 2.99. The van der Waals surface area contributed by atoms with Crippen LogP contribution in [0.2, 0.25) is 0 Å². The molecule has 0 radical (unpaired) electrons. The molecule has 4 rings (SSSR count). The Labute approximate surface area is 138 Å². The number of rotatable bonds is 3. The van der Waals surface area contributed by atoms with Gasteiger partial charge in [0.15, 0.2) is 5.65 Å². The molecule has 1 aliphatic rings. The van der Waals surface area contributed by atoms with E-state index in [0.717, 1.165) is 17.8 Å². The maximum atomic E-state index is 12.5. The molecule has 0 unspecified atom stereocenters. The molecule has 24 heavy (non-hydrogen) atoms. The number of nitrogens with one attached hydrogen (secondary N) is 1. The first-order valence-corrected chi connectivity index (χ1v) is 7.95. The van der Waals surface area contributed by atoms with Crippen LogP contribution < -0.4 is 0 Å². The largest absolute Gasteiger partial charge is 0.379 e. The zero-order valence-electron chi connectivity index (χ0n) is 13.1. The van der Waals surface area contributed by atoms with Crippen molar-refractivity contribution in [3.8, 4) is 0 Å². The Bertz CT molecular complexity index is 828. The molecular formula is C16H18N6O2. The summed E-state index contributed by atoms with van der Waals surface area (Å²) in [5.74, 6) is 0.161. The van der Waals surface area contributed by atoms with Crippen molar-refractivity contribution >= 4 is 11.6 Å². The van der Waals surface area contributed by atoms with Crippen molar-refractivity contribution in [3.05, 3.63) is 48.2 Å². The lowest BCUT2D eigenvalue weighted by Gasteiger charge is -2.22. The van der Waals surface area contributed by atoms with Crippen LogP contribution in [0, 0.1) is 5.92 Å². The van der Waals surface area contributed by atoms with Gasteiger partial charge in [-0.2, -0.15) is 10.2 Å². The van der Waals surface area contributed by atoms with Crippen molar-refractivity contribution in [1.82, 2.24) is 29.7 Å². The van der Waals surface area contributed by atoms with Crippen molar-refractivity contribution in [3.63, 3.8) is 0 Å². The van der Waals surface area contributed by atoms with Crippen LogP contribution in [0.3, 0.4) is 0 Å². The molecule has 8 heteroatoms. The van der Waals surface area contributed by atoms with E-state index in [4.69, 9.17) is 4.74 Å². The molecule has 1 amide bonds. The lowest BCUT2D eigenvalue weighted by Crippen LogP contribution is -2.36. The minimum Gasteiger partial charge on any atom is -0.379 e. The van der Waals surface area contributed by atoms with Crippen LogP contribution in [0.5, 0.6) is 0 Å². The summed E-state index contributed by atoms with van der Waals surface area (Å²) < 4.78 is 7.45. The summed E-state index contributed by atoms with van der Waals surface area (Å²) in [4.78, 5) is 18.5. The summed E-state index contributed by atoms with van der Waals surface area (Å²) in [7, 11) is 0. The van der Waals surface area contributed by atoms with Crippen molar-refractivity contribution in [2.24, 2.45) is 5.92 Å². The first-order chi connectivity index (χ1) is 11.8. The van der Waals surface area contributed by atoms with E-state index in [9.17, 15) is 4.79 Å². The minimum absolute atomic E-state index is 0.0407. The van der Waals surface area contributed by atoms with Gasteiger partial charge in [0.05, 0.1) is 18.9 Å². The van der Waals surface area contributed by atoms with Crippen molar-refractivity contribution in [2.75, 3.05) is 26.3 Å². The molecule has 3 aromatic rings. The van der Waals surface area contributed by atoms with Crippen molar-refractivity contribution in [1.29, 1.82) is 0 Å². The summed E-state index contributed by atoms with van der Waals surface area (Å²) in [5, 5.41) is 11.1. The Morgan fingerprint density at radius 2 is 2.29 bits per heavy atom. The van der Waals surface area contributed by atoms with E-state index < -0.39 is 0 Å². The van der Waals surface area contributed by atoms with Crippen LogP contribution in [0.25, 0.3) is 5.65 Å². The molecule has 0 aliphatic carbocycles. The van der Waals surface area contributed by atoms with Crippen LogP contribution in [0.4, 0.5) is 0 Å². The van der Waals surface area contributed by atoms with Crippen LogP contribution in [0.15, 0.2) is 36.8 Å². The molecule has 124 valence electrons. The first-order valence-electron chi connectivity index (χ1n) is 7.95. The van der Waals surface area contributed by atoms with E-state index >= 15 is 0 Å². The van der Waals surface area contributed by atoms with Crippen molar-refractivity contribution in [2.45, 2.75) is 6.42 Å². The Kier molecular flexibility index (Phi) is 3.96. The molecule has 3 aromatic heterocycles. The first kappa shape index (κ1) is 14.8. The fourth-order valence-electron chi connectivity index (χ4n) is 2.99. The van der Waals surface area contributed by atoms with Gasteiger partial charge in [-0.3, -0.25) is 9.89 Å². The molecular weight excluding hydrogens is 308 g/mol. The molecule has 1 N–H and O–H groups in total. The van der Waals surface area contributed by atoms with Crippen LogP contribution in [-0.4, -0.2) is 61.9 Å². The summed E-state index contributed by atoms with van der Waals surface area (Å²) >= 11 is 0. The molecule has 0 spiro atoms. The van der Waals surface area contributed by atoms with Gasteiger partial charge in [-0.05, 0) is 24.6 Å². The van der Waals surface area contributed by atoms with Gasteiger partial charge in [0, 0.05) is 37.6 Å². The Hall–Kier alpha value is -2.74. The number of hydrogen-bond acceptors (Lipinski definition) is 5. The minimum atomic E-state index is -0.0407. The second kappa shape index (κ2) is 6.40. The SMILES string of the molecule is O=C(c1ccn[nH]1)N1CCOC[C@H](Cc2ccc3nccn3n2)C1. The second-order valence-corrected chi connectivity index (χ2v) is 5.92. The number of aromatic amines is 1. The number of carbonyl (C=O) groups is 1. The van der Waals surface area contributed by atoms with Gasteiger partial charge in [-0.1, -0.05) is 0 Å². The molecule has 1 fully saturated rings. The van der Waals surface area contributed by atoms with E-state index in [1.807, 2.05) is 23.2 Å². The predicted molar refractivity (Wildman–Crippen MR) is 85.5 cm³/mol. The zero-order chi connectivity index (χ0) is 16.4. The highest BCUT2D eigenvalue weighted by Gasteiger charge is 2.24. The fraction of sp³-hybridized carbons (Fsp3) is 0.375. The average molecular weight is 326 g/mol. The zero-order valence-corrected chi connectivity index (χ0v) is 13.1. The third-order valence-corrected chi connectivity index (χ3v) is 4.16. The molecule has 1 saturated heterocycles. The number of fused-ring (bicyclic) bond motifs is 1. The second-order valence-electron chi connectivity index (χ2n) is 5.92. The number of ether oxygens (including phenoxy) is 1. The van der Waals surface area contributed by atoms with Gasteiger partial charge in [0.25, 0.3) is 5.91 Å². The lowest BCUT2D eigenvalue weighted by atomic mass is 10.0. The third-order valence-electron chi connectivity index (χ3n) is 4.16. The Morgan fingerprint density at radius 1 is 1.33 bits per heavy atom. The summed E-state index contributed by atoms with van der Waals surface area (Å²) in [6, 6.07) is 5.62. The Morgan fingerprint density at radius 3 is 3.17 bits per heavy atom. The lowest BCUT2D eigenvalue weighted by molar-refractivity contribution is 0.0731. The number of imidazole rings is 1. The van der Waals surface area contributed by atoms with E-state index in [2.05, 4.69) is 20.3 Å². The van der Waals surface area contributed by atoms with Gasteiger partial charge in [-0.25, -0.2) is 9.50 Å². The number of hydrogen-bond donors (Lipinski definition) is 1. The smallest absolute Gasteiger partial charge is 0.271 e. The van der Waals surface area contributed by atoms with Crippen LogP contribution >= 0.6 is 0 Å². The van der Waals surface area contributed by atoms with Gasteiger partial charge in [0.1, 0.15) is 5.69 Å². The summed E-state index contributed by atoms with van der Waals surface area (Å²) in [6.07, 6.45) is 5.90. The number of H-pyrrole nitrogens is 1. The van der Waals surface area contributed by atoms with Crippen LogP contribution in [0.1, 0.15) is 16.2 Å². The van der Waals surface area contributed by atoms with E-state index in [1.54, 1.807) is 23.0 Å². The summed E-state index contributed by atoms with van der Waals surface area (Å²) in [6.45, 7) is 2.39.